The second-order valence-electron chi connectivity index (χ2n) is 6.41. The number of hydrogen-bond acceptors (Lipinski definition) is 2. The molecule has 0 heterocycles. The summed E-state index contributed by atoms with van der Waals surface area (Å²) in [6.07, 6.45) is 14.6. The highest BCUT2D eigenvalue weighted by atomic mass is 16.5. The molecule has 0 aliphatic heterocycles. The van der Waals surface area contributed by atoms with E-state index in [1.807, 2.05) is 0 Å². The van der Waals surface area contributed by atoms with Crippen LogP contribution in [-0.4, -0.2) is 24.8 Å². The second-order valence-corrected chi connectivity index (χ2v) is 6.41. The molecule has 0 aromatic carbocycles. The highest BCUT2D eigenvalue weighted by molar-refractivity contribution is 4.97. The van der Waals surface area contributed by atoms with E-state index in [1.165, 1.54) is 70.6 Å². The largest absolute Gasteiger partial charge is 0.374 e. The van der Waals surface area contributed by atoms with Gasteiger partial charge in [-0.05, 0) is 39.2 Å². The normalized spacial score (nSPS) is 19.4. The first kappa shape index (κ1) is 18.0. The van der Waals surface area contributed by atoms with Gasteiger partial charge in [-0.3, -0.25) is 0 Å². The molecule has 2 heteroatoms. The summed E-state index contributed by atoms with van der Waals surface area (Å²) in [6, 6.07) is 0.575. The Labute approximate surface area is 127 Å². The van der Waals surface area contributed by atoms with Crippen molar-refractivity contribution in [1.29, 1.82) is 0 Å². The Balaban J connectivity index is 2.47. The predicted molar refractivity (Wildman–Crippen MR) is 88.3 cm³/mol. The molecular formula is C18H37NO. The SMILES string of the molecule is CCCCCCCC(NCCC)C1(OCC)CCCC1. The highest BCUT2D eigenvalue weighted by Crippen LogP contribution is 2.38. The van der Waals surface area contributed by atoms with Gasteiger partial charge in [0.15, 0.2) is 0 Å². The average Bonchev–Trinajstić information content (AvgIpc) is 2.92. The van der Waals surface area contributed by atoms with Crippen LogP contribution in [0.15, 0.2) is 0 Å². The lowest BCUT2D eigenvalue weighted by molar-refractivity contribution is -0.0636. The minimum absolute atomic E-state index is 0.147. The van der Waals surface area contributed by atoms with Crippen molar-refractivity contribution in [1.82, 2.24) is 5.32 Å². The van der Waals surface area contributed by atoms with Crippen LogP contribution in [0, 0.1) is 0 Å². The van der Waals surface area contributed by atoms with Gasteiger partial charge in [-0.2, -0.15) is 0 Å². The molecule has 1 atom stereocenters. The first-order chi connectivity index (χ1) is 9.79. The molecule has 2 nitrogen and oxygen atoms in total. The van der Waals surface area contributed by atoms with Crippen molar-refractivity contribution in [3.05, 3.63) is 0 Å². The van der Waals surface area contributed by atoms with Gasteiger partial charge in [-0.25, -0.2) is 0 Å². The minimum Gasteiger partial charge on any atom is -0.374 e. The van der Waals surface area contributed by atoms with Crippen molar-refractivity contribution in [2.75, 3.05) is 13.2 Å². The van der Waals surface area contributed by atoms with Crippen LogP contribution in [0.1, 0.15) is 91.4 Å². The van der Waals surface area contributed by atoms with E-state index in [9.17, 15) is 0 Å². The Morgan fingerprint density at radius 3 is 2.25 bits per heavy atom. The summed E-state index contributed by atoms with van der Waals surface area (Å²) in [4.78, 5) is 0. The fourth-order valence-electron chi connectivity index (χ4n) is 3.68. The Morgan fingerprint density at radius 1 is 0.950 bits per heavy atom. The molecule has 0 aromatic rings. The molecule has 1 unspecified atom stereocenters. The molecule has 0 saturated heterocycles. The van der Waals surface area contributed by atoms with Gasteiger partial charge >= 0.3 is 0 Å². The smallest absolute Gasteiger partial charge is 0.0834 e. The molecule has 0 aromatic heterocycles. The van der Waals surface area contributed by atoms with Crippen molar-refractivity contribution in [3.8, 4) is 0 Å². The van der Waals surface area contributed by atoms with Crippen LogP contribution in [0.2, 0.25) is 0 Å². The molecular weight excluding hydrogens is 246 g/mol. The lowest BCUT2D eigenvalue weighted by atomic mass is 9.87. The van der Waals surface area contributed by atoms with Gasteiger partial charge in [0.2, 0.25) is 0 Å². The molecule has 20 heavy (non-hydrogen) atoms. The molecule has 1 aliphatic carbocycles. The maximum atomic E-state index is 6.27. The standard InChI is InChI=1S/C18H37NO/c1-4-7-8-9-10-13-17(19-16-5-2)18(20-6-3)14-11-12-15-18/h17,19H,4-16H2,1-3H3. The fraction of sp³-hybridized carbons (Fsp3) is 1.00. The van der Waals surface area contributed by atoms with Gasteiger partial charge < -0.3 is 10.1 Å². The Kier molecular flexibility index (Phi) is 9.54. The maximum Gasteiger partial charge on any atom is 0.0834 e. The van der Waals surface area contributed by atoms with Crippen LogP contribution >= 0.6 is 0 Å². The van der Waals surface area contributed by atoms with Gasteiger partial charge in [0.1, 0.15) is 0 Å². The first-order valence-corrected chi connectivity index (χ1v) is 9.16. The third kappa shape index (κ3) is 5.73. The zero-order chi connectivity index (χ0) is 14.7. The fourth-order valence-corrected chi connectivity index (χ4v) is 3.68. The van der Waals surface area contributed by atoms with Gasteiger partial charge in [-0.1, -0.05) is 58.8 Å². The zero-order valence-electron chi connectivity index (χ0n) is 14.2. The minimum atomic E-state index is 0.147. The highest BCUT2D eigenvalue weighted by Gasteiger charge is 2.41. The molecule has 1 aliphatic rings. The molecule has 0 amide bonds. The van der Waals surface area contributed by atoms with E-state index >= 15 is 0 Å². The van der Waals surface area contributed by atoms with Crippen molar-refractivity contribution in [2.45, 2.75) is 103 Å². The summed E-state index contributed by atoms with van der Waals surface area (Å²) in [5, 5.41) is 3.80. The molecule has 1 N–H and O–H groups in total. The van der Waals surface area contributed by atoms with Gasteiger partial charge in [0, 0.05) is 12.6 Å². The molecule has 0 radical (unpaired) electrons. The molecule has 1 rings (SSSR count). The molecule has 1 fully saturated rings. The van der Waals surface area contributed by atoms with Crippen molar-refractivity contribution in [2.24, 2.45) is 0 Å². The predicted octanol–water partition coefficient (Wildman–Crippen LogP) is 5.06. The van der Waals surface area contributed by atoms with E-state index in [4.69, 9.17) is 4.74 Å². The van der Waals surface area contributed by atoms with Crippen LogP contribution in [0.25, 0.3) is 0 Å². The number of nitrogens with one attached hydrogen (secondary N) is 1. The quantitative estimate of drug-likeness (QED) is 0.505. The van der Waals surface area contributed by atoms with Crippen LogP contribution in [0.5, 0.6) is 0 Å². The van der Waals surface area contributed by atoms with E-state index in [-0.39, 0.29) is 5.60 Å². The zero-order valence-corrected chi connectivity index (χ0v) is 14.2. The van der Waals surface area contributed by atoms with E-state index in [0.29, 0.717) is 6.04 Å². The summed E-state index contributed by atoms with van der Waals surface area (Å²) in [6.45, 7) is 8.69. The number of ether oxygens (including phenoxy) is 1. The molecule has 0 bridgehead atoms. The van der Waals surface area contributed by atoms with Crippen molar-refractivity contribution in [3.63, 3.8) is 0 Å². The van der Waals surface area contributed by atoms with Crippen molar-refractivity contribution < 1.29 is 4.74 Å². The van der Waals surface area contributed by atoms with Gasteiger partial charge in [0.25, 0.3) is 0 Å². The van der Waals surface area contributed by atoms with Gasteiger partial charge in [0.05, 0.1) is 5.60 Å². The second kappa shape index (κ2) is 10.6. The third-order valence-electron chi connectivity index (χ3n) is 4.75. The number of rotatable bonds is 12. The Morgan fingerprint density at radius 2 is 1.65 bits per heavy atom. The lowest BCUT2D eigenvalue weighted by Gasteiger charge is -2.38. The summed E-state index contributed by atoms with van der Waals surface area (Å²) in [5.74, 6) is 0. The van der Waals surface area contributed by atoms with E-state index < -0.39 is 0 Å². The van der Waals surface area contributed by atoms with E-state index in [1.54, 1.807) is 0 Å². The first-order valence-electron chi connectivity index (χ1n) is 9.16. The summed E-state index contributed by atoms with van der Waals surface area (Å²) in [5.41, 5.74) is 0.147. The van der Waals surface area contributed by atoms with Crippen LogP contribution in [0.3, 0.4) is 0 Å². The average molecular weight is 284 g/mol. The number of unbranched alkanes of at least 4 members (excludes halogenated alkanes) is 4. The number of hydrogen-bond donors (Lipinski definition) is 1. The summed E-state index contributed by atoms with van der Waals surface area (Å²) in [7, 11) is 0. The van der Waals surface area contributed by atoms with Crippen molar-refractivity contribution >= 4 is 0 Å². The van der Waals surface area contributed by atoms with Gasteiger partial charge in [-0.15, -0.1) is 0 Å². The molecule has 1 saturated carbocycles. The molecule has 120 valence electrons. The van der Waals surface area contributed by atoms with Crippen LogP contribution in [-0.2, 0) is 4.74 Å². The monoisotopic (exact) mass is 283 g/mol. The van der Waals surface area contributed by atoms with Crippen LogP contribution in [0.4, 0.5) is 0 Å². The molecule has 0 spiro atoms. The van der Waals surface area contributed by atoms with E-state index in [0.717, 1.165) is 13.2 Å². The Bertz CT molecular complexity index is 223. The van der Waals surface area contributed by atoms with Crippen LogP contribution < -0.4 is 5.32 Å². The summed E-state index contributed by atoms with van der Waals surface area (Å²) < 4.78 is 6.27. The third-order valence-corrected chi connectivity index (χ3v) is 4.75. The Hall–Kier alpha value is -0.0800. The lowest BCUT2D eigenvalue weighted by Crippen LogP contribution is -2.51. The van der Waals surface area contributed by atoms with E-state index in [2.05, 4.69) is 26.1 Å². The topological polar surface area (TPSA) is 21.3 Å². The summed E-state index contributed by atoms with van der Waals surface area (Å²) >= 11 is 0. The maximum absolute atomic E-state index is 6.27.